The Morgan fingerprint density at radius 1 is 0.760 bits per heavy atom. The Morgan fingerprint density at radius 3 is 1.72 bits per heavy atom. The molecule has 0 spiro atoms. The first-order chi connectivity index (χ1) is 12.0. The van der Waals surface area contributed by atoms with Crippen LogP contribution < -0.4 is 0 Å². The van der Waals surface area contributed by atoms with Crippen molar-refractivity contribution >= 4 is 17.3 Å². The molecule has 0 aromatic heterocycles. The van der Waals surface area contributed by atoms with Gasteiger partial charge < -0.3 is 0 Å². The maximum Gasteiger partial charge on any atom is 0.0249 e. The first kappa shape index (κ1) is 17.6. The minimum absolute atomic E-state index is 0.506. The minimum Gasteiger partial charge on any atom is -0.130 e. The molecule has 0 N–H and O–H groups in total. The molecule has 1 atom stereocenters. The van der Waals surface area contributed by atoms with E-state index in [0.29, 0.717) is 5.92 Å². The lowest BCUT2D eigenvalue weighted by atomic mass is 9.91. The Labute approximate surface area is 156 Å². The van der Waals surface area contributed by atoms with Crippen LogP contribution in [0.3, 0.4) is 0 Å². The van der Waals surface area contributed by atoms with Crippen molar-refractivity contribution in [2.75, 3.05) is 6.26 Å². The van der Waals surface area contributed by atoms with Crippen LogP contribution in [-0.4, -0.2) is 6.26 Å². The highest BCUT2D eigenvalue weighted by atomic mass is 32.2. The van der Waals surface area contributed by atoms with E-state index in [0.717, 1.165) is 11.1 Å². The van der Waals surface area contributed by atoms with Crippen LogP contribution in [0.4, 0.5) is 0 Å². The fourth-order valence-corrected chi connectivity index (χ4v) is 3.79. The molecule has 3 rings (SSSR count). The summed E-state index contributed by atoms with van der Waals surface area (Å²) in [7, 11) is 0. The normalized spacial score (nSPS) is 16.9. The Balaban J connectivity index is 1.81. The van der Waals surface area contributed by atoms with Gasteiger partial charge in [0.2, 0.25) is 0 Å². The third kappa shape index (κ3) is 3.60. The van der Waals surface area contributed by atoms with Crippen molar-refractivity contribution in [3.8, 4) is 11.8 Å². The van der Waals surface area contributed by atoms with Crippen molar-refractivity contribution in [2.24, 2.45) is 5.92 Å². The lowest BCUT2D eigenvalue weighted by Crippen LogP contribution is -1.97. The van der Waals surface area contributed by atoms with Gasteiger partial charge in [-0.05, 0) is 85.7 Å². The molecule has 0 heterocycles. The fourth-order valence-electron chi connectivity index (χ4n) is 3.38. The summed E-state index contributed by atoms with van der Waals surface area (Å²) in [5.74, 6) is 7.03. The second kappa shape index (κ2) is 7.38. The van der Waals surface area contributed by atoms with Gasteiger partial charge in [-0.25, -0.2) is 0 Å². The van der Waals surface area contributed by atoms with Gasteiger partial charge in [0, 0.05) is 21.9 Å². The van der Waals surface area contributed by atoms with E-state index in [1.54, 1.807) is 11.8 Å². The number of hydrogen-bond acceptors (Lipinski definition) is 1. The molecule has 2 aromatic carbocycles. The van der Waals surface area contributed by atoms with E-state index in [9.17, 15) is 0 Å². The number of rotatable bonds is 2. The zero-order chi connectivity index (χ0) is 18.0. The summed E-state index contributed by atoms with van der Waals surface area (Å²) in [6.07, 6.45) is 2.09. The predicted octanol–water partition coefficient (Wildman–Crippen LogP) is 6.57. The molecule has 1 unspecified atom stereocenters. The smallest absolute Gasteiger partial charge is 0.0249 e. The maximum atomic E-state index is 3.27. The molecule has 0 saturated heterocycles. The fraction of sp³-hybridized carbons (Fsp3) is 0.250. The van der Waals surface area contributed by atoms with E-state index in [-0.39, 0.29) is 0 Å². The Hall–Kier alpha value is -2.17. The first-order valence-corrected chi connectivity index (χ1v) is 9.88. The summed E-state index contributed by atoms with van der Waals surface area (Å²) >= 11 is 1.75. The highest BCUT2D eigenvalue weighted by Crippen LogP contribution is 2.42. The summed E-state index contributed by atoms with van der Waals surface area (Å²) in [5, 5.41) is 0. The van der Waals surface area contributed by atoms with Crippen molar-refractivity contribution in [3.05, 3.63) is 81.9 Å². The number of allylic oxidation sites excluding steroid dienone is 4. The van der Waals surface area contributed by atoms with E-state index in [1.165, 1.54) is 32.8 Å². The standard InChI is InChI=1S/C24H24S/c1-16-17(2)19(4)24(18(16)3)22-12-8-20(9-13-22)6-7-21-10-14-23(25-5)15-11-21/h8-15,18H,1-5H3. The van der Waals surface area contributed by atoms with E-state index < -0.39 is 0 Å². The van der Waals surface area contributed by atoms with Crippen LogP contribution >= 0.6 is 11.8 Å². The molecule has 2 aromatic rings. The number of hydrogen-bond donors (Lipinski definition) is 0. The van der Waals surface area contributed by atoms with Gasteiger partial charge in [0.25, 0.3) is 0 Å². The summed E-state index contributed by atoms with van der Waals surface area (Å²) < 4.78 is 0. The SMILES string of the molecule is CSc1ccc(C#Cc2ccc(C3=C(C)C(C)=C(C)C3C)cc2)cc1. The molecular weight excluding hydrogens is 320 g/mol. The van der Waals surface area contributed by atoms with Crippen LogP contribution in [-0.2, 0) is 0 Å². The molecule has 0 amide bonds. The van der Waals surface area contributed by atoms with Gasteiger partial charge in [-0.1, -0.05) is 36.5 Å². The van der Waals surface area contributed by atoms with Gasteiger partial charge in [0.15, 0.2) is 0 Å². The topological polar surface area (TPSA) is 0 Å². The molecule has 0 fully saturated rings. The molecular formula is C24H24S. The van der Waals surface area contributed by atoms with E-state index in [2.05, 4.69) is 94.3 Å². The van der Waals surface area contributed by atoms with Crippen molar-refractivity contribution in [3.63, 3.8) is 0 Å². The second-order valence-electron chi connectivity index (χ2n) is 6.62. The summed E-state index contributed by atoms with van der Waals surface area (Å²) in [6, 6.07) is 17.1. The quantitative estimate of drug-likeness (QED) is 0.438. The Kier molecular flexibility index (Phi) is 5.21. The van der Waals surface area contributed by atoms with Gasteiger partial charge in [0.1, 0.15) is 0 Å². The van der Waals surface area contributed by atoms with E-state index >= 15 is 0 Å². The highest BCUT2D eigenvalue weighted by molar-refractivity contribution is 7.98. The van der Waals surface area contributed by atoms with Gasteiger partial charge in [-0.2, -0.15) is 0 Å². The zero-order valence-corrected chi connectivity index (χ0v) is 16.4. The molecule has 1 aliphatic carbocycles. The van der Waals surface area contributed by atoms with Crippen LogP contribution in [0.15, 0.2) is 70.1 Å². The van der Waals surface area contributed by atoms with Gasteiger partial charge in [-0.3, -0.25) is 0 Å². The van der Waals surface area contributed by atoms with E-state index in [4.69, 9.17) is 0 Å². The van der Waals surface area contributed by atoms with Crippen LogP contribution in [0.5, 0.6) is 0 Å². The van der Waals surface area contributed by atoms with Crippen LogP contribution in [0.25, 0.3) is 5.57 Å². The monoisotopic (exact) mass is 344 g/mol. The molecule has 25 heavy (non-hydrogen) atoms. The largest absolute Gasteiger partial charge is 0.130 e. The highest BCUT2D eigenvalue weighted by Gasteiger charge is 2.24. The number of thioether (sulfide) groups is 1. The lowest BCUT2D eigenvalue weighted by Gasteiger charge is -2.13. The lowest BCUT2D eigenvalue weighted by molar-refractivity contribution is 0.895. The Bertz CT molecular complexity index is 897. The third-order valence-electron chi connectivity index (χ3n) is 5.28. The van der Waals surface area contributed by atoms with Crippen LogP contribution in [0.1, 0.15) is 44.4 Å². The van der Waals surface area contributed by atoms with Gasteiger partial charge >= 0.3 is 0 Å². The average molecular weight is 345 g/mol. The Morgan fingerprint density at radius 2 is 1.28 bits per heavy atom. The summed E-state index contributed by atoms with van der Waals surface area (Å²) in [5.41, 5.74) is 9.25. The van der Waals surface area contributed by atoms with Crippen LogP contribution in [0, 0.1) is 17.8 Å². The van der Waals surface area contributed by atoms with Crippen molar-refractivity contribution in [2.45, 2.75) is 32.6 Å². The van der Waals surface area contributed by atoms with E-state index in [1.807, 2.05) is 0 Å². The average Bonchev–Trinajstić information content (AvgIpc) is 2.84. The summed E-state index contributed by atoms with van der Waals surface area (Å²) in [6.45, 7) is 9.02. The van der Waals surface area contributed by atoms with Gasteiger partial charge in [0.05, 0.1) is 0 Å². The molecule has 0 bridgehead atoms. The number of benzene rings is 2. The molecule has 0 nitrogen and oxygen atoms in total. The maximum absolute atomic E-state index is 3.27. The molecule has 1 aliphatic rings. The van der Waals surface area contributed by atoms with Crippen LogP contribution in [0.2, 0.25) is 0 Å². The molecule has 0 radical (unpaired) electrons. The first-order valence-electron chi connectivity index (χ1n) is 8.66. The van der Waals surface area contributed by atoms with Crippen molar-refractivity contribution in [1.82, 2.24) is 0 Å². The zero-order valence-electron chi connectivity index (χ0n) is 15.6. The second-order valence-corrected chi connectivity index (χ2v) is 7.50. The van der Waals surface area contributed by atoms with Crippen molar-refractivity contribution < 1.29 is 0 Å². The summed E-state index contributed by atoms with van der Waals surface area (Å²) in [4.78, 5) is 1.27. The molecule has 0 saturated carbocycles. The van der Waals surface area contributed by atoms with Gasteiger partial charge in [-0.15, -0.1) is 11.8 Å². The van der Waals surface area contributed by atoms with Crippen molar-refractivity contribution in [1.29, 1.82) is 0 Å². The third-order valence-corrected chi connectivity index (χ3v) is 6.02. The molecule has 126 valence electrons. The predicted molar refractivity (Wildman–Crippen MR) is 111 cm³/mol. The molecule has 1 heteroatoms. The minimum atomic E-state index is 0.506. The molecule has 0 aliphatic heterocycles.